The molecule has 6 nitrogen and oxygen atoms in total. The van der Waals surface area contributed by atoms with E-state index in [1.54, 1.807) is 4.90 Å². The van der Waals surface area contributed by atoms with E-state index in [1.165, 1.54) is 6.26 Å². The van der Waals surface area contributed by atoms with E-state index >= 15 is 0 Å². The SMILES string of the molecule is O=C(C1=COCCO1)N(CCO)CC1CCCN1. The molecule has 0 saturated carbocycles. The molecular formula is C12H20N2O4. The van der Waals surface area contributed by atoms with Crippen LogP contribution in [0.4, 0.5) is 0 Å². The van der Waals surface area contributed by atoms with Gasteiger partial charge >= 0.3 is 0 Å². The van der Waals surface area contributed by atoms with E-state index in [0.717, 1.165) is 19.4 Å². The highest BCUT2D eigenvalue weighted by Gasteiger charge is 2.25. The van der Waals surface area contributed by atoms with Crippen LogP contribution >= 0.6 is 0 Å². The zero-order chi connectivity index (χ0) is 12.8. The number of hydrogen-bond donors (Lipinski definition) is 2. The van der Waals surface area contributed by atoms with E-state index in [2.05, 4.69) is 5.32 Å². The van der Waals surface area contributed by atoms with E-state index in [9.17, 15) is 4.79 Å². The second kappa shape index (κ2) is 6.61. The minimum Gasteiger partial charge on any atom is -0.494 e. The van der Waals surface area contributed by atoms with Gasteiger partial charge in [0.1, 0.15) is 19.5 Å². The van der Waals surface area contributed by atoms with Gasteiger partial charge in [0, 0.05) is 19.1 Å². The number of nitrogens with one attached hydrogen (secondary N) is 1. The molecule has 0 aromatic carbocycles. The third-order valence-corrected chi connectivity index (χ3v) is 3.12. The molecule has 1 fully saturated rings. The lowest BCUT2D eigenvalue weighted by atomic mass is 10.2. The molecule has 0 aliphatic carbocycles. The largest absolute Gasteiger partial charge is 0.494 e. The summed E-state index contributed by atoms with van der Waals surface area (Å²) in [5, 5.41) is 12.4. The van der Waals surface area contributed by atoms with Crippen LogP contribution in [0.25, 0.3) is 0 Å². The molecule has 2 aliphatic rings. The highest BCUT2D eigenvalue weighted by atomic mass is 16.6. The first kappa shape index (κ1) is 13.2. The summed E-state index contributed by atoms with van der Waals surface area (Å²) in [5.74, 6) is 0.0187. The molecule has 2 heterocycles. The predicted molar refractivity (Wildman–Crippen MR) is 64.7 cm³/mol. The van der Waals surface area contributed by atoms with Crippen molar-refractivity contribution in [1.29, 1.82) is 0 Å². The molecule has 1 amide bonds. The normalized spacial score (nSPS) is 22.9. The summed E-state index contributed by atoms with van der Waals surface area (Å²) in [6.45, 7) is 2.73. The molecule has 0 bridgehead atoms. The highest BCUT2D eigenvalue weighted by molar-refractivity contribution is 5.91. The van der Waals surface area contributed by atoms with Crippen molar-refractivity contribution < 1.29 is 19.4 Å². The number of hydrogen-bond acceptors (Lipinski definition) is 5. The van der Waals surface area contributed by atoms with Crippen LogP contribution in [0.15, 0.2) is 12.0 Å². The van der Waals surface area contributed by atoms with Crippen LogP contribution in [0.2, 0.25) is 0 Å². The Morgan fingerprint density at radius 1 is 1.56 bits per heavy atom. The van der Waals surface area contributed by atoms with E-state index in [1.807, 2.05) is 0 Å². The van der Waals surface area contributed by atoms with Crippen molar-refractivity contribution in [3.8, 4) is 0 Å². The molecule has 0 aromatic heterocycles. The zero-order valence-corrected chi connectivity index (χ0v) is 10.4. The molecular weight excluding hydrogens is 236 g/mol. The Bertz CT molecular complexity index is 313. The number of ether oxygens (including phenoxy) is 2. The molecule has 0 spiro atoms. The fourth-order valence-corrected chi connectivity index (χ4v) is 2.21. The summed E-state index contributed by atoms with van der Waals surface area (Å²) in [5.41, 5.74) is 0. The quantitative estimate of drug-likeness (QED) is 0.690. The maximum atomic E-state index is 12.2. The smallest absolute Gasteiger partial charge is 0.292 e. The second-order valence-corrected chi connectivity index (χ2v) is 4.47. The lowest BCUT2D eigenvalue weighted by molar-refractivity contribution is -0.133. The Hall–Kier alpha value is -1.27. The van der Waals surface area contributed by atoms with Crippen LogP contribution in [-0.4, -0.2) is 61.4 Å². The van der Waals surface area contributed by atoms with Crippen LogP contribution in [0.1, 0.15) is 12.8 Å². The number of aliphatic hydroxyl groups excluding tert-OH is 1. The Kier molecular flexibility index (Phi) is 4.83. The van der Waals surface area contributed by atoms with Crippen molar-refractivity contribution in [2.75, 3.05) is 39.5 Å². The average Bonchev–Trinajstić information content (AvgIpc) is 2.91. The van der Waals surface area contributed by atoms with Gasteiger partial charge in [-0.3, -0.25) is 4.79 Å². The van der Waals surface area contributed by atoms with Gasteiger partial charge in [-0.25, -0.2) is 0 Å². The summed E-state index contributed by atoms with van der Waals surface area (Å²) < 4.78 is 10.4. The molecule has 2 rings (SSSR count). The number of aliphatic hydroxyl groups is 1. The topological polar surface area (TPSA) is 71.0 Å². The third-order valence-electron chi connectivity index (χ3n) is 3.12. The maximum Gasteiger partial charge on any atom is 0.292 e. The number of amides is 1. The summed E-state index contributed by atoms with van der Waals surface area (Å²) >= 11 is 0. The number of rotatable bonds is 5. The van der Waals surface area contributed by atoms with Gasteiger partial charge in [0.15, 0.2) is 0 Å². The van der Waals surface area contributed by atoms with Crippen molar-refractivity contribution in [3.63, 3.8) is 0 Å². The first-order chi connectivity index (χ1) is 8.81. The molecule has 1 saturated heterocycles. The molecule has 2 N–H and O–H groups in total. The van der Waals surface area contributed by atoms with E-state index < -0.39 is 0 Å². The molecule has 0 aromatic rings. The minimum absolute atomic E-state index is 0.0490. The average molecular weight is 256 g/mol. The minimum atomic E-state index is -0.211. The number of carbonyl (C=O) groups excluding carboxylic acids is 1. The van der Waals surface area contributed by atoms with Gasteiger partial charge in [0.25, 0.3) is 5.91 Å². The predicted octanol–water partition coefficient (Wildman–Crippen LogP) is -0.552. The van der Waals surface area contributed by atoms with E-state index in [4.69, 9.17) is 14.6 Å². The summed E-state index contributed by atoms with van der Waals surface area (Å²) in [6, 6.07) is 0.311. The first-order valence-corrected chi connectivity index (χ1v) is 6.39. The van der Waals surface area contributed by atoms with E-state index in [0.29, 0.717) is 32.3 Å². The van der Waals surface area contributed by atoms with Crippen LogP contribution in [0.5, 0.6) is 0 Å². The van der Waals surface area contributed by atoms with Crippen molar-refractivity contribution >= 4 is 5.91 Å². The van der Waals surface area contributed by atoms with E-state index in [-0.39, 0.29) is 18.3 Å². The van der Waals surface area contributed by atoms with Crippen molar-refractivity contribution in [2.45, 2.75) is 18.9 Å². The Labute approximate surface area is 107 Å². The summed E-state index contributed by atoms with van der Waals surface area (Å²) in [6.07, 6.45) is 3.55. The number of nitrogens with zero attached hydrogens (tertiary/aromatic N) is 1. The van der Waals surface area contributed by atoms with Crippen LogP contribution in [0, 0.1) is 0 Å². The van der Waals surface area contributed by atoms with Gasteiger partial charge < -0.3 is 24.8 Å². The van der Waals surface area contributed by atoms with Gasteiger partial charge in [0.05, 0.1) is 6.61 Å². The van der Waals surface area contributed by atoms with Crippen LogP contribution in [-0.2, 0) is 14.3 Å². The van der Waals surface area contributed by atoms with Crippen molar-refractivity contribution in [3.05, 3.63) is 12.0 Å². The lowest BCUT2D eigenvalue weighted by Gasteiger charge is -2.26. The van der Waals surface area contributed by atoms with Crippen LogP contribution in [0.3, 0.4) is 0 Å². The number of carbonyl (C=O) groups is 1. The lowest BCUT2D eigenvalue weighted by Crippen LogP contribution is -2.43. The molecule has 1 atom stereocenters. The third kappa shape index (κ3) is 3.36. The van der Waals surface area contributed by atoms with Gasteiger partial charge in [-0.15, -0.1) is 0 Å². The fraction of sp³-hybridized carbons (Fsp3) is 0.750. The maximum absolute atomic E-state index is 12.2. The molecule has 102 valence electrons. The second-order valence-electron chi connectivity index (χ2n) is 4.47. The summed E-state index contributed by atoms with van der Waals surface area (Å²) in [7, 11) is 0. The molecule has 6 heteroatoms. The Morgan fingerprint density at radius 3 is 3.06 bits per heavy atom. The van der Waals surface area contributed by atoms with Crippen molar-refractivity contribution in [1.82, 2.24) is 10.2 Å². The summed E-state index contributed by atoms with van der Waals surface area (Å²) in [4.78, 5) is 13.8. The Balaban J connectivity index is 1.94. The fourth-order valence-electron chi connectivity index (χ4n) is 2.21. The first-order valence-electron chi connectivity index (χ1n) is 6.39. The zero-order valence-electron chi connectivity index (χ0n) is 10.4. The highest BCUT2D eigenvalue weighted by Crippen LogP contribution is 2.12. The molecule has 0 radical (unpaired) electrons. The van der Waals surface area contributed by atoms with Gasteiger partial charge in [0.2, 0.25) is 5.76 Å². The van der Waals surface area contributed by atoms with Crippen molar-refractivity contribution in [2.24, 2.45) is 0 Å². The standard InChI is InChI=1S/C12H20N2O4/c15-5-4-14(8-10-2-1-3-13-10)12(16)11-9-17-6-7-18-11/h9-10,13,15H,1-8H2. The van der Waals surface area contributed by atoms with Gasteiger partial charge in [-0.05, 0) is 19.4 Å². The Morgan fingerprint density at radius 2 is 2.44 bits per heavy atom. The van der Waals surface area contributed by atoms with Gasteiger partial charge in [-0.1, -0.05) is 0 Å². The van der Waals surface area contributed by atoms with Crippen LogP contribution < -0.4 is 5.32 Å². The monoisotopic (exact) mass is 256 g/mol. The van der Waals surface area contributed by atoms with Gasteiger partial charge in [-0.2, -0.15) is 0 Å². The molecule has 18 heavy (non-hydrogen) atoms. The molecule has 2 aliphatic heterocycles. The molecule has 1 unspecified atom stereocenters.